The van der Waals surface area contributed by atoms with E-state index in [1.165, 1.54) is 121 Å². The van der Waals surface area contributed by atoms with Crippen LogP contribution in [0.2, 0.25) is 0 Å². The van der Waals surface area contributed by atoms with E-state index in [-0.39, 0.29) is 0 Å². The van der Waals surface area contributed by atoms with Gasteiger partial charge in [0.05, 0.1) is 0 Å². The summed E-state index contributed by atoms with van der Waals surface area (Å²) in [6.45, 7) is 18.0. The van der Waals surface area contributed by atoms with Gasteiger partial charge in [0, 0.05) is 0 Å². The van der Waals surface area contributed by atoms with Crippen molar-refractivity contribution in [2.45, 2.75) is 68.2 Å². The van der Waals surface area contributed by atoms with Crippen molar-refractivity contribution in [3.63, 3.8) is 0 Å². The van der Waals surface area contributed by atoms with E-state index in [2.05, 4.69) is 134 Å². The van der Waals surface area contributed by atoms with E-state index >= 15 is 0 Å². The quantitative estimate of drug-likeness (QED) is 0.145. The maximum Gasteiger partial charge on any atom is 0.135 e. The van der Waals surface area contributed by atoms with Crippen LogP contribution >= 0.6 is 0 Å². The molecule has 1 aliphatic heterocycles. The number of aromatic hydroxyl groups is 1. The monoisotopic (exact) mass is 658 g/mol. The minimum absolute atomic E-state index is 0.473. The van der Waals surface area contributed by atoms with E-state index in [9.17, 15) is 5.11 Å². The Kier molecular flexibility index (Phi) is 7.20. The summed E-state index contributed by atoms with van der Waals surface area (Å²) in [5.74, 6) is 0.473. The average molecular weight is 659 g/mol. The van der Waals surface area contributed by atoms with Gasteiger partial charge in [-0.1, -0.05) is 89.9 Å². The lowest BCUT2D eigenvalue weighted by molar-refractivity contribution is 0.475. The van der Waals surface area contributed by atoms with E-state index in [0.717, 1.165) is 38.2 Å². The summed E-state index contributed by atoms with van der Waals surface area (Å²) in [5.41, 5.74) is 23.2. The molecule has 0 spiro atoms. The van der Waals surface area contributed by atoms with Gasteiger partial charge in [0.25, 0.3) is 0 Å². The van der Waals surface area contributed by atoms with Gasteiger partial charge < -0.3 is 5.11 Å². The smallest absolute Gasteiger partial charge is 0.135 e. The van der Waals surface area contributed by atoms with Gasteiger partial charge in [-0.15, -0.1) is 0 Å². The van der Waals surface area contributed by atoms with Gasteiger partial charge >= 0.3 is 0 Å². The molecule has 0 bridgehead atoms. The lowest BCUT2D eigenvalue weighted by Gasteiger charge is -2.26. The molecule has 0 amide bonds. The van der Waals surface area contributed by atoms with E-state index in [0.29, 0.717) is 5.75 Å². The molecule has 0 radical (unpaired) electrons. The van der Waals surface area contributed by atoms with Gasteiger partial charge in [0.15, 0.2) is 0 Å². The van der Waals surface area contributed by atoms with Crippen molar-refractivity contribution in [2.75, 3.05) is 0 Å². The van der Waals surface area contributed by atoms with Gasteiger partial charge in [0.1, 0.15) is 20.1 Å². The normalized spacial score (nSPS) is 13.3. The fourth-order valence-electron chi connectivity index (χ4n) is 9.62. The fraction of sp³-hybridized carbons (Fsp3) is 0.208. The Morgan fingerprint density at radius 2 is 1.20 bits per heavy atom. The van der Waals surface area contributed by atoms with Crippen LogP contribution < -0.4 is 10.9 Å². The summed E-state index contributed by atoms with van der Waals surface area (Å²) < 4.78 is 0. The number of phenols is 1. The number of allylic oxidation sites excluding steroid dienone is 1. The summed E-state index contributed by atoms with van der Waals surface area (Å²) in [4.78, 5) is 0. The minimum Gasteiger partial charge on any atom is -0.508 e. The van der Waals surface area contributed by atoms with Crippen LogP contribution in [0.5, 0.6) is 5.75 Å². The molecule has 1 nitrogen and oxygen atoms in total. The first-order valence-corrected chi connectivity index (χ1v) is 18.7. The molecule has 0 atom stereocenters. The molecular formula is C48H44B2O. The van der Waals surface area contributed by atoms with Gasteiger partial charge in [-0.25, -0.2) is 0 Å². The largest absolute Gasteiger partial charge is 0.508 e. The number of hydrogen-bond donors (Lipinski definition) is 1. The molecule has 0 aromatic heterocycles. The number of aryl methyl sites for hydroxylation is 4. The molecule has 0 saturated heterocycles. The number of benzene rings is 7. The zero-order valence-electron chi connectivity index (χ0n) is 31.3. The van der Waals surface area contributed by atoms with Crippen molar-refractivity contribution in [3.8, 4) is 39.1 Å². The molecule has 1 heterocycles. The third-order valence-corrected chi connectivity index (χ3v) is 13.0. The zero-order chi connectivity index (χ0) is 35.5. The highest BCUT2D eigenvalue weighted by Crippen LogP contribution is 2.49. The zero-order valence-corrected chi connectivity index (χ0v) is 31.3. The van der Waals surface area contributed by atoms with Crippen LogP contribution in [0.1, 0.15) is 62.1 Å². The fourth-order valence-corrected chi connectivity index (χ4v) is 9.62. The lowest BCUT2D eigenvalue weighted by Crippen LogP contribution is -2.31. The van der Waals surface area contributed by atoms with Crippen molar-refractivity contribution in [2.24, 2.45) is 0 Å². The maximum atomic E-state index is 11.8. The molecule has 0 saturated carbocycles. The Morgan fingerprint density at radius 1 is 0.529 bits per heavy atom. The number of fused-ring (bicyclic) bond motifs is 6. The highest BCUT2D eigenvalue weighted by molar-refractivity contribution is 7.15. The maximum absolute atomic E-state index is 11.8. The van der Waals surface area contributed by atoms with Crippen LogP contribution in [0.3, 0.4) is 0 Å². The van der Waals surface area contributed by atoms with Crippen molar-refractivity contribution in [3.05, 3.63) is 128 Å². The predicted octanol–water partition coefficient (Wildman–Crippen LogP) is 10.3. The molecule has 0 fully saturated rings. The third-order valence-electron chi connectivity index (χ3n) is 13.0. The Bertz CT molecular complexity index is 2730. The number of rotatable bonds is 2. The van der Waals surface area contributed by atoms with E-state index in [4.69, 9.17) is 0 Å². The third kappa shape index (κ3) is 4.50. The molecule has 1 aliphatic carbocycles. The molecular weight excluding hydrogens is 614 g/mol. The van der Waals surface area contributed by atoms with E-state index in [1.807, 2.05) is 0 Å². The second-order valence-electron chi connectivity index (χ2n) is 15.5. The van der Waals surface area contributed by atoms with E-state index in [1.54, 1.807) is 0 Å². The number of hydrogen-bond acceptors (Lipinski definition) is 1. The van der Waals surface area contributed by atoms with Crippen LogP contribution in [0, 0.1) is 55.4 Å². The minimum atomic E-state index is 0.473. The Labute approximate surface area is 303 Å². The summed E-state index contributed by atoms with van der Waals surface area (Å²) in [5, 5.41) is 19.7. The Morgan fingerprint density at radius 3 is 1.96 bits per heavy atom. The van der Waals surface area contributed by atoms with Gasteiger partial charge in [0.2, 0.25) is 0 Å². The first-order valence-electron chi connectivity index (χ1n) is 18.7. The summed E-state index contributed by atoms with van der Waals surface area (Å²) in [6, 6.07) is 25.8. The highest BCUT2D eigenvalue weighted by atomic mass is 16.3. The molecule has 0 unspecified atom stereocenters. The second-order valence-corrected chi connectivity index (χ2v) is 15.5. The molecule has 7 aromatic rings. The topological polar surface area (TPSA) is 20.2 Å². The standard InChI is InChI=1S/C48H44B2O/c1-24-21-39-41(29(6)26(24)3)43(38-18-12-16-36-35(15-11-17-37(36)38)34-20-19-32-13-9-10-14-33(32)23-34)40-22-25(2)27(4)46-45(40)44(39)42-30(7)28(5)31(8)48(51)47(42)50-49-46/h9,11-13,15-23,49-51H,10,14H2,1-8H3. The predicted molar refractivity (Wildman–Crippen MR) is 226 cm³/mol. The molecule has 7 aromatic carbocycles. The van der Waals surface area contributed by atoms with Gasteiger partial charge in [-0.3, -0.25) is 0 Å². The Balaban J connectivity index is 1.47. The van der Waals surface area contributed by atoms with Crippen molar-refractivity contribution in [1.82, 2.24) is 0 Å². The first kappa shape index (κ1) is 31.9. The van der Waals surface area contributed by atoms with Crippen LogP contribution in [0.4, 0.5) is 0 Å². The van der Waals surface area contributed by atoms with Crippen molar-refractivity contribution in [1.29, 1.82) is 0 Å². The molecule has 1 N–H and O–H groups in total. The number of phenolic OH excluding ortho intramolecular Hbond substituents is 1. The van der Waals surface area contributed by atoms with Crippen LogP contribution in [-0.4, -0.2) is 19.4 Å². The van der Waals surface area contributed by atoms with E-state index < -0.39 is 0 Å². The molecule has 9 rings (SSSR count). The SMILES string of the molecule is Cc1cc2c3c4c(c(C)c(C)cc4c(-c4cccc5c(-c6ccc7c(c6)CCC=C7)cccc45)c2c(C)c1C)BBc1c(O)c(C)c(C)c(C)c1-3. The first-order chi connectivity index (χ1) is 24.6. The Hall–Kier alpha value is -5.01. The van der Waals surface area contributed by atoms with Crippen LogP contribution in [-0.2, 0) is 6.42 Å². The lowest BCUT2D eigenvalue weighted by atomic mass is 9.33. The van der Waals surface area contributed by atoms with Crippen molar-refractivity contribution >= 4 is 63.7 Å². The second kappa shape index (κ2) is 11.5. The molecule has 51 heavy (non-hydrogen) atoms. The molecule has 248 valence electrons. The van der Waals surface area contributed by atoms with Gasteiger partial charge in [-0.05, 0) is 189 Å². The summed E-state index contributed by atoms with van der Waals surface area (Å²) in [6.07, 6.45) is 6.76. The summed E-state index contributed by atoms with van der Waals surface area (Å²) >= 11 is 0. The molecule has 2 aliphatic rings. The summed E-state index contributed by atoms with van der Waals surface area (Å²) in [7, 11) is 1.73. The highest BCUT2D eigenvalue weighted by Gasteiger charge is 2.30. The van der Waals surface area contributed by atoms with Crippen LogP contribution in [0.25, 0.3) is 71.8 Å². The van der Waals surface area contributed by atoms with Gasteiger partial charge in [-0.2, -0.15) is 0 Å². The van der Waals surface area contributed by atoms with Crippen molar-refractivity contribution < 1.29 is 5.11 Å². The molecule has 3 heteroatoms. The average Bonchev–Trinajstić information content (AvgIpc) is 3.33. The van der Waals surface area contributed by atoms with Crippen LogP contribution in [0.15, 0.2) is 72.8 Å².